The summed E-state index contributed by atoms with van der Waals surface area (Å²) in [7, 11) is -0.840. The van der Waals surface area contributed by atoms with Gasteiger partial charge in [0.1, 0.15) is 0 Å². The molecule has 18 heavy (non-hydrogen) atoms. The molecule has 0 aliphatic heterocycles. The van der Waals surface area contributed by atoms with Crippen molar-refractivity contribution in [1.29, 1.82) is 0 Å². The van der Waals surface area contributed by atoms with E-state index in [1.807, 2.05) is 24.3 Å². The maximum atomic E-state index is 12.1. The van der Waals surface area contributed by atoms with Crippen molar-refractivity contribution in [3.8, 4) is 0 Å². The molecule has 2 aromatic carbocycles. The van der Waals surface area contributed by atoms with Crippen LogP contribution >= 0.6 is 45.2 Å². The van der Waals surface area contributed by atoms with Crippen molar-refractivity contribution < 1.29 is 4.21 Å². The third-order valence-corrected chi connectivity index (χ3v) is 5.23. The van der Waals surface area contributed by atoms with Crippen molar-refractivity contribution in [2.24, 2.45) is 0 Å². The predicted octanol–water partition coefficient (Wildman–Crippen LogP) is 4.34. The summed E-state index contributed by atoms with van der Waals surface area (Å²) in [4.78, 5) is 0. The molecule has 0 N–H and O–H groups in total. The van der Waals surface area contributed by atoms with Gasteiger partial charge in [0.2, 0.25) is 0 Å². The van der Waals surface area contributed by atoms with Gasteiger partial charge in [-0.25, -0.2) is 0 Å². The molecule has 0 fully saturated rings. The molecule has 0 bridgehead atoms. The summed E-state index contributed by atoms with van der Waals surface area (Å²) in [6.45, 7) is 0. The van der Waals surface area contributed by atoms with Gasteiger partial charge in [0.05, 0.1) is 0 Å². The van der Waals surface area contributed by atoms with Gasteiger partial charge in [-0.05, 0) is 80.6 Å². The second kappa shape index (κ2) is 7.00. The molecule has 0 spiro atoms. The van der Waals surface area contributed by atoms with E-state index in [2.05, 4.69) is 69.4 Å². The van der Waals surface area contributed by atoms with Gasteiger partial charge in [-0.3, -0.25) is 4.21 Å². The Balaban J connectivity index is 1.96. The quantitative estimate of drug-likeness (QED) is 0.593. The zero-order valence-electron chi connectivity index (χ0n) is 9.61. The lowest BCUT2D eigenvalue weighted by Gasteiger charge is -2.03. The number of hydrogen-bond donors (Lipinski definition) is 0. The fourth-order valence-electron chi connectivity index (χ4n) is 1.58. The van der Waals surface area contributed by atoms with Crippen molar-refractivity contribution in [1.82, 2.24) is 0 Å². The molecule has 2 rings (SSSR count). The smallest absolute Gasteiger partial charge is 0.0489 e. The van der Waals surface area contributed by atoms with Crippen LogP contribution in [0.15, 0.2) is 48.5 Å². The first-order valence-corrected chi connectivity index (χ1v) is 9.12. The zero-order valence-corrected chi connectivity index (χ0v) is 14.7. The van der Waals surface area contributed by atoms with E-state index in [1.54, 1.807) is 0 Å². The molecule has 0 heterocycles. The highest BCUT2D eigenvalue weighted by Gasteiger charge is 2.03. The summed E-state index contributed by atoms with van der Waals surface area (Å²) in [6.07, 6.45) is 0. The second-order valence-electron chi connectivity index (χ2n) is 3.98. The van der Waals surface area contributed by atoms with Crippen LogP contribution in [0.5, 0.6) is 0 Å². The molecule has 0 aromatic heterocycles. The highest BCUT2D eigenvalue weighted by Crippen LogP contribution is 2.13. The largest absolute Gasteiger partial charge is 0.259 e. The fourth-order valence-corrected chi connectivity index (χ4v) is 3.53. The molecule has 94 valence electrons. The molecule has 0 aliphatic carbocycles. The van der Waals surface area contributed by atoms with Gasteiger partial charge >= 0.3 is 0 Å². The Bertz CT molecular complexity index is 485. The Morgan fingerprint density at radius 3 is 1.39 bits per heavy atom. The molecule has 0 atom stereocenters. The summed E-state index contributed by atoms with van der Waals surface area (Å²) in [5, 5.41) is 0. The molecule has 0 saturated heterocycles. The summed E-state index contributed by atoms with van der Waals surface area (Å²) in [5.41, 5.74) is 2.28. The first-order chi connectivity index (χ1) is 8.63. The van der Waals surface area contributed by atoms with Crippen molar-refractivity contribution in [3.63, 3.8) is 0 Å². The maximum Gasteiger partial charge on any atom is 0.0489 e. The minimum Gasteiger partial charge on any atom is -0.259 e. The van der Waals surface area contributed by atoms with E-state index in [0.29, 0.717) is 11.5 Å². The Hall–Kier alpha value is 0.0500. The summed E-state index contributed by atoms with van der Waals surface area (Å²) in [5.74, 6) is 1.26. The van der Waals surface area contributed by atoms with Crippen LogP contribution in [-0.2, 0) is 22.3 Å². The van der Waals surface area contributed by atoms with Gasteiger partial charge in [-0.2, -0.15) is 0 Å². The molecule has 0 saturated carbocycles. The maximum absolute atomic E-state index is 12.1. The SMILES string of the molecule is O=S(Cc1ccc(I)cc1)Cc1ccc(I)cc1. The van der Waals surface area contributed by atoms with Gasteiger partial charge in [0.15, 0.2) is 0 Å². The fraction of sp³-hybridized carbons (Fsp3) is 0.143. The van der Waals surface area contributed by atoms with Crippen molar-refractivity contribution in [2.75, 3.05) is 0 Å². The first-order valence-electron chi connectivity index (χ1n) is 5.47. The summed E-state index contributed by atoms with van der Waals surface area (Å²) < 4.78 is 14.5. The second-order valence-corrected chi connectivity index (χ2v) is 7.93. The van der Waals surface area contributed by atoms with Gasteiger partial charge < -0.3 is 0 Å². The highest BCUT2D eigenvalue weighted by atomic mass is 127. The van der Waals surface area contributed by atoms with Crippen LogP contribution in [0.3, 0.4) is 0 Å². The van der Waals surface area contributed by atoms with Crippen molar-refractivity contribution in [2.45, 2.75) is 11.5 Å². The molecule has 2 aromatic rings. The minimum atomic E-state index is -0.840. The minimum absolute atomic E-state index is 0.628. The topological polar surface area (TPSA) is 17.1 Å². The van der Waals surface area contributed by atoms with E-state index < -0.39 is 10.8 Å². The van der Waals surface area contributed by atoms with Crippen molar-refractivity contribution in [3.05, 3.63) is 66.8 Å². The van der Waals surface area contributed by atoms with E-state index >= 15 is 0 Å². The van der Waals surface area contributed by atoms with E-state index in [9.17, 15) is 4.21 Å². The zero-order chi connectivity index (χ0) is 13.0. The van der Waals surface area contributed by atoms with Crippen LogP contribution in [0.25, 0.3) is 0 Å². The van der Waals surface area contributed by atoms with E-state index in [-0.39, 0.29) is 0 Å². The molecule has 0 amide bonds. The third kappa shape index (κ3) is 4.62. The molecule has 0 radical (unpaired) electrons. The molecule has 4 heteroatoms. The number of hydrogen-bond acceptors (Lipinski definition) is 1. The van der Waals surface area contributed by atoms with E-state index in [0.717, 1.165) is 11.1 Å². The van der Waals surface area contributed by atoms with Gasteiger partial charge in [0, 0.05) is 29.4 Å². The van der Waals surface area contributed by atoms with Gasteiger partial charge in [0.25, 0.3) is 0 Å². The van der Waals surface area contributed by atoms with Crippen LogP contribution in [0.2, 0.25) is 0 Å². The molecule has 0 aliphatic rings. The summed E-state index contributed by atoms with van der Waals surface area (Å²) in [6, 6.07) is 16.4. The molecular formula is C14H12I2OS. The van der Waals surface area contributed by atoms with Crippen LogP contribution in [0.4, 0.5) is 0 Å². The lowest BCUT2D eigenvalue weighted by atomic mass is 10.2. The summed E-state index contributed by atoms with van der Waals surface area (Å²) >= 11 is 4.55. The predicted molar refractivity (Wildman–Crippen MR) is 93.9 cm³/mol. The van der Waals surface area contributed by atoms with E-state index in [1.165, 1.54) is 7.14 Å². The van der Waals surface area contributed by atoms with E-state index in [4.69, 9.17) is 0 Å². The normalized spacial score (nSPS) is 10.8. The Morgan fingerprint density at radius 1 is 0.722 bits per heavy atom. The highest BCUT2D eigenvalue weighted by molar-refractivity contribution is 14.1. The Morgan fingerprint density at radius 2 is 1.06 bits per heavy atom. The number of rotatable bonds is 4. The van der Waals surface area contributed by atoms with Crippen LogP contribution in [0, 0.1) is 7.14 Å². The molecular weight excluding hydrogens is 470 g/mol. The first kappa shape index (κ1) is 14.5. The number of halogens is 2. The lowest BCUT2D eigenvalue weighted by Crippen LogP contribution is -1.99. The average molecular weight is 482 g/mol. The van der Waals surface area contributed by atoms with Crippen LogP contribution < -0.4 is 0 Å². The van der Waals surface area contributed by atoms with Crippen LogP contribution in [-0.4, -0.2) is 4.21 Å². The van der Waals surface area contributed by atoms with Gasteiger partial charge in [-0.1, -0.05) is 24.3 Å². The lowest BCUT2D eigenvalue weighted by molar-refractivity contribution is 0.682. The number of benzene rings is 2. The average Bonchev–Trinajstić information content (AvgIpc) is 2.35. The molecule has 1 nitrogen and oxygen atoms in total. The third-order valence-electron chi connectivity index (χ3n) is 2.48. The monoisotopic (exact) mass is 482 g/mol. The standard InChI is InChI=1S/C14H12I2OS/c15-13-5-1-11(2-6-13)9-18(17)10-12-3-7-14(16)8-4-12/h1-8H,9-10H2. The molecule has 0 unspecified atom stereocenters. The van der Waals surface area contributed by atoms with Gasteiger partial charge in [-0.15, -0.1) is 0 Å². The Kier molecular flexibility index (Phi) is 5.62. The Labute approximate surface area is 137 Å². The van der Waals surface area contributed by atoms with Crippen LogP contribution in [0.1, 0.15) is 11.1 Å². The van der Waals surface area contributed by atoms with Crippen molar-refractivity contribution >= 4 is 56.0 Å².